The van der Waals surface area contributed by atoms with Crippen molar-refractivity contribution in [3.8, 4) is 0 Å². The molecular weight excluding hydrogens is 297 g/mol. The summed E-state index contributed by atoms with van der Waals surface area (Å²) in [5, 5.41) is 0. The van der Waals surface area contributed by atoms with Crippen LogP contribution in [0.25, 0.3) is 0 Å². The molecule has 0 aromatic heterocycles. The molecule has 0 spiro atoms. The van der Waals surface area contributed by atoms with Crippen LogP contribution in [0.15, 0.2) is 0 Å². The quantitative estimate of drug-likeness (QED) is 0.258. The van der Waals surface area contributed by atoms with E-state index in [1.54, 1.807) is 11.8 Å². The molecule has 0 aromatic rings. The van der Waals surface area contributed by atoms with Crippen molar-refractivity contribution in [3.05, 3.63) is 0 Å². The van der Waals surface area contributed by atoms with E-state index in [0.29, 0.717) is 12.8 Å². The van der Waals surface area contributed by atoms with Crippen LogP contribution in [0.3, 0.4) is 0 Å². The van der Waals surface area contributed by atoms with Gasteiger partial charge in [-0.2, -0.15) is 11.8 Å². The van der Waals surface area contributed by atoms with Crippen LogP contribution in [-0.4, -0.2) is 59.5 Å². The number of rotatable bonds is 12. The molecule has 0 aliphatic rings. The molecule has 0 radical (unpaired) electrons. The van der Waals surface area contributed by atoms with Crippen LogP contribution < -0.4 is 5.73 Å². The molecule has 1 unspecified atom stereocenters. The minimum absolute atomic E-state index is 0. The third kappa shape index (κ3) is 15.1. The second-order valence-electron chi connectivity index (χ2n) is 5.05. The second kappa shape index (κ2) is 16.8. The summed E-state index contributed by atoms with van der Waals surface area (Å²) in [5.74, 6) is -0.238. The van der Waals surface area contributed by atoms with Crippen LogP contribution in [0.2, 0.25) is 0 Å². The summed E-state index contributed by atoms with van der Waals surface area (Å²) < 4.78 is 4.74. The van der Waals surface area contributed by atoms with Crippen LogP contribution in [0.5, 0.6) is 0 Å². The van der Waals surface area contributed by atoms with Gasteiger partial charge >= 0.3 is 41.5 Å². The Hall–Kier alpha value is 0.450. The molecule has 0 aromatic carbocycles. The number of carbonyl (C=O) groups is 2. The summed E-state index contributed by atoms with van der Waals surface area (Å²) in [4.78, 5) is 23.0. The molecule has 0 saturated heterocycles. The summed E-state index contributed by atoms with van der Waals surface area (Å²) in [7, 11) is 0. The van der Waals surface area contributed by atoms with Crippen molar-refractivity contribution in [2.45, 2.75) is 70.8 Å². The van der Waals surface area contributed by atoms with E-state index in [4.69, 9.17) is 10.5 Å². The van der Waals surface area contributed by atoms with E-state index in [-0.39, 0.29) is 29.6 Å². The van der Waals surface area contributed by atoms with Gasteiger partial charge in [0.2, 0.25) is 0 Å². The fourth-order valence-corrected chi connectivity index (χ4v) is 2.32. The molecule has 2 N–H and O–H groups in total. The van der Waals surface area contributed by atoms with Crippen molar-refractivity contribution >= 4 is 53.3 Å². The molecule has 0 bridgehead atoms. The van der Waals surface area contributed by atoms with Gasteiger partial charge in [-0.3, -0.25) is 4.79 Å². The molecule has 0 aliphatic heterocycles. The molecule has 0 rings (SSSR count). The van der Waals surface area contributed by atoms with Gasteiger partial charge in [0.15, 0.2) is 0 Å². The van der Waals surface area contributed by atoms with Gasteiger partial charge in [-0.05, 0) is 24.9 Å². The Morgan fingerprint density at radius 2 is 1.67 bits per heavy atom. The van der Waals surface area contributed by atoms with Gasteiger partial charge < -0.3 is 10.5 Å². The third-order valence-electron chi connectivity index (χ3n) is 3.13. The Labute approximate surface area is 155 Å². The predicted molar refractivity (Wildman–Crippen MR) is 91.8 cm³/mol. The Morgan fingerprint density at radius 1 is 1.10 bits per heavy atom. The molecule has 1 atom stereocenters. The van der Waals surface area contributed by atoms with Gasteiger partial charge in [-0.15, -0.1) is 0 Å². The van der Waals surface area contributed by atoms with Gasteiger partial charge in [-0.1, -0.05) is 45.4 Å². The van der Waals surface area contributed by atoms with Crippen LogP contribution >= 0.6 is 11.8 Å². The van der Waals surface area contributed by atoms with Crippen molar-refractivity contribution < 1.29 is 14.3 Å². The zero-order valence-electron chi connectivity index (χ0n) is 12.9. The number of nitrogens with two attached hydrogens (primary N) is 1. The molecule has 4 nitrogen and oxygen atoms in total. The number of esters is 2. The topological polar surface area (TPSA) is 69.4 Å². The molecular formula is C15H30NNaO3S. The Balaban J connectivity index is 0. The fourth-order valence-electron chi connectivity index (χ4n) is 1.83. The minimum atomic E-state index is -0.680. The van der Waals surface area contributed by atoms with Crippen LogP contribution in [0, 0.1) is 0 Å². The average Bonchev–Trinajstić information content (AvgIpc) is 2.43. The SMILES string of the molecule is CCCCCCCCCC(=O)OC(=O)C(N)CCSC.[NaH]. The van der Waals surface area contributed by atoms with Gasteiger partial charge in [0, 0.05) is 6.42 Å². The zero-order chi connectivity index (χ0) is 15.2. The van der Waals surface area contributed by atoms with Crippen LogP contribution in [0.1, 0.15) is 64.7 Å². The molecule has 21 heavy (non-hydrogen) atoms. The fraction of sp³-hybridized carbons (Fsp3) is 0.867. The number of hydrogen-bond donors (Lipinski definition) is 1. The number of unbranched alkanes of at least 4 members (excludes halogenated alkanes) is 6. The molecule has 0 heterocycles. The first-order chi connectivity index (χ1) is 9.61. The summed E-state index contributed by atoms with van der Waals surface area (Å²) in [6, 6.07) is -0.680. The first-order valence-corrected chi connectivity index (χ1v) is 9.00. The Kier molecular flexibility index (Phi) is 19.0. The third-order valence-corrected chi connectivity index (χ3v) is 3.78. The maximum absolute atomic E-state index is 11.5. The normalized spacial score (nSPS) is 11.6. The zero-order valence-corrected chi connectivity index (χ0v) is 13.7. The number of thioether (sulfide) groups is 1. The number of hydrogen-bond acceptors (Lipinski definition) is 5. The summed E-state index contributed by atoms with van der Waals surface area (Å²) in [6.07, 6.45) is 10.8. The van der Waals surface area contributed by atoms with E-state index >= 15 is 0 Å². The van der Waals surface area contributed by atoms with Crippen molar-refractivity contribution in [2.24, 2.45) is 5.73 Å². The van der Waals surface area contributed by atoms with E-state index in [0.717, 1.165) is 25.0 Å². The van der Waals surface area contributed by atoms with Gasteiger partial charge in [0.1, 0.15) is 6.04 Å². The van der Waals surface area contributed by atoms with E-state index in [2.05, 4.69) is 6.92 Å². The monoisotopic (exact) mass is 327 g/mol. The molecule has 0 fully saturated rings. The van der Waals surface area contributed by atoms with Crippen molar-refractivity contribution in [2.75, 3.05) is 12.0 Å². The Bertz CT molecular complexity index is 278. The first-order valence-electron chi connectivity index (χ1n) is 7.60. The number of carbonyl (C=O) groups excluding carboxylic acids is 2. The second-order valence-corrected chi connectivity index (χ2v) is 6.04. The summed E-state index contributed by atoms with van der Waals surface area (Å²) in [6.45, 7) is 2.19. The van der Waals surface area contributed by atoms with Crippen molar-refractivity contribution in [1.82, 2.24) is 0 Å². The van der Waals surface area contributed by atoms with E-state index in [1.807, 2.05) is 6.26 Å². The molecule has 0 aliphatic carbocycles. The Morgan fingerprint density at radius 3 is 2.24 bits per heavy atom. The van der Waals surface area contributed by atoms with Gasteiger partial charge in [0.05, 0.1) is 0 Å². The van der Waals surface area contributed by atoms with Crippen LogP contribution in [0.4, 0.5) is 0 Å². The van der Waals surface area contributed by atoms with Gasteiger partial charge in [0.25, 0.3) is 0 Å². The van der Waals surface area contributed by atoms with E-state index in [9.17, 15) is 9.59 Å². The van der Waals surface area contributed by atoms with E-state index in [1.165, 1.54) is 25.7 Å². The average molecular weight is 327 g/mol. The summed E-state index contributed by atoms with van der Waals surface area (Å²) in [5.41, 5.74) is 5.63. The molecule has 6 heteroatoms. The molecule has 0 amide bonds. The number of ether oxygens (including phenoxy) is 1. The van der Waals surface area contributed by atoms with Crippen molar-refractivity contribution in [3.63, 3.8) is 0 Å². The molecule has 0 saturated carbocycles. The summed E-state index contributed by atoms with van der Waals surface area (Å²) >= 11 is 1.62. The predicted octanol–water partition coefficient (Wildman–Crippen LogP) is 2.63. The molecule has 120 valence electrons. The maximum atomic E-state index is 11.5. The standard InChI is InChI=1S/C15H29NO3S.Na.H/c1-3-4-5-6-7-8-9-10-14(17)19-15(18)13(16)11-12-20-2;;/h13H,3-12,16H2,1-2H3;;. The van der Waals surface area contributed by atoms with Crippen molar-refractivity contribution in [1.29, 1.82) is 0 Å². The van der Waals surface area contributed by atoms with E-state index < -0.39 is 18.0 Å². The van der Waals surface area contributed by atoms with Crippen LogP contribution in [-0.2, 0) is 14.3 Å². The van der Waals surface area contributed by atoms with Gasteiger partial charge in [-0.25, -0.2) is 4.79 Å². The first kappa shape index (κ1) is 23.7.